The molecule has 0 bridgehead atoms. The smallest absolute Gasteiger partial charge is 0.159 e. The minimum absolute atomic E-state index is 0.641. The number of fused-ring (bicyclic) bond motifs is 2. The lowest BCUT2D eigenvalue weighted by Crippen LogP contribution is -1.88. The number of nitrogens with zero attached hydrogens (tertiary/aromatic N) is 3. The van der Waals surface area contributed by atoms with E-state index in [0.29, 0.717) is 5.69 Å². The predicted molar refractivity (Wildman–Crippen MR) is 98.8 cm³/mol. The van der Waals surface area contributed by atoms with Crippen LogP contribution in [0.25, 0.3) is 44.6 Å². The van der Waals surface area contributed by atoms with Crippen molar-refractivity contribution in [1.29, 1.82) is 0 Å². The van der Waals surface area contributed by atoms with E-state index >= 15 is 0 Å². The number of nitrogens with one attached hydrogen (secondary N) is 2. The maximum Gasteiger partial charge on any atom is 0.159 e. The van der Waals surface area contributed by atoms with Gasteiger partial charge in [-0.05, 0) is 35.9 Å². The van der Waals surface area contributed by atoms with Crippen LogP contribution >= 0.6 is 0 Å². The summed E-state index contributed by atoms with van der Waals surface area (Å²) >= 11 is 0. The van der Waals surface area contributed by atoms with Gasteiger partial charge in [0.15, 0.2) is 5.82 Å². The molecule has 0 unspecified atom stereocenters. The van der Waals surface area contributed by atoms with Crippen molar-refractivity contribution in [2.45, 2.75) is 0 Å². The summed E-state index contributed by atoms with van der Waals surface area (Å²) in [5.41, 5.74) is 12.2. The van der Waals surface area contributed by atoms with E-state index in [9.17, 15) is 0 Å². The zero-order valence-electron chi connectivity index (χ0n) is 13.2. The third-order valence-electron chi connectivity index (χ3n) is 4.27. The molecule has 0 aliphatic heterocycles. The van der Waals surface area contributed by atoms with Gasteiger partial charge in [-0.3, -0.25) is 10.1 Å². The van der Waals surface area contributed by atoms with Gasteiger partial charge in [-0.25, -0.2) is 4.98 Å². The van der Waals surface area contributed by atoms with E-state index in [0.717, 1.165) is 44.6 Å². The number of aromatic amines is 2. The average molecular weight is 326 g/mol. The van der Waals surface area contributed by atoms with E-state index in [1.165, 1.54) is 0 Å². The predicted octanol–water partition coefficient (Wildman–Crippen LogP) is 3.75. The van der Waals surface area contributed by atoms with Gasteiger partial charge in [0.05, 0.1) is 22.2 Å². The molecule has 0 saturated heterocycles. The lowest BCUT2D eigenvalue weighted by molar-refractivity contribution is 1.11. The molecule has 3 aromatic heterocycles. The summed E-state index contributed by atoms with van der Waals surface area (Å²) in [4.78, 5) is 12.2. The molecule has 5 rings (SSSR count). The highest BCUT2D eigenvalue weighted by atomic mass is 15.1. The average Bonchev–Trinajstić information content (AvgIpc) is 3.24. The highest BCUT2D eigenvalue weighted by Crippen LogP contribution is 2.30. The second kappa shape index (κ2) is 5.17. The van der Waals surface area contributed by atoms with Crippen molar-refractivity contribution in [3.63, 3.8) is 0 Å². The first-order valence-corrected chi connectivity index (χ1v) is 7.92. The van der Waals surface area contributed by atoms with Gasteiger partial charge < -0.3 is 10.7 Å². The van der Waals surface area contributed by atoms with Crippen LogP contribution in [0.5, 0.6) is 0 Å². The number of pyridine rings is 1. The Bertz CT molecular complexity index is 1180. The van der Waals surface area contributed by atoms with Gasteiger partial charge in [0.1, 0.15) is 5.69 Å². The van der Waals surface area contributed by atoms with Crippen LogP contribution in [0.2, 0.25) is 0 Å². The van der Waals surface area contributed by atoms with Crippen molar-refractivity contribution in [3.8, 4) is 22.6 Å². The highest BCUT2D eigenvalue weighted by molar-refractivity contribution is 5.95. The topological polar surface area (TPSA) is 96.3 Å². The van der Waals surface area contributed by atoms with E-state index in [-0.39, 0.29) is 0 Å². The largest absolute Gasteiger partial charge is 0.397 e. The maximum absolute atomic E-state index is 5.86. The standard InChI is InChI=1S/C19H14N6/c20-13-7-12(9-21-10-13)11-5-6-15-14(8-11)18(25-24-15)19-22-16-3-1-2-4-17(16)23-19/h1-10H,20H2,(H,22,23)(H,24,25). The Balaban J connectivity index is 1.70. The van der Waals surface area contributed by atoms with Crippen LogP contribution in [-0.4, -0.2) is 25.1 Å². The molecule has 4 N–H and O–H groups in total. The molecule has 0 aliphatic rings. The monoisotopic (exact) mass is 326 g/mol. The van der Waals surface area contributed by atoms with E-state index in [4.69, 9.17) is 5.73 Å². The van der Waals surface area contributed by atoms with Gasteiger partial charge in [-0.1, -0.05) is 18.2 Å². The first kappa shape index (κ1) is 13.7. The van der Waals surface area contributed by atoms with E-state index in [1.807, 2.05) is 42.5 Å². The highest BCUT2D eigenvalue weighted by Gasteiger charge is 2.13. The first-order valence-electron chi connectivity index (χ1n) is 7.92. The molecule has 25 heavy (non-hydrogen) atoms. The van der Waals surface area contributed by atoms with Crippen LogP contribution in [-0.2, 0) is 0 Å². The number of hydrogen-bond donors (Lipinski definition) is 3. The minimum atomic E-state index is 0.641. The van der Waals surface area contributed by atoms with Crippen LogP contribution in [0.4, 0.5) is 5.69 Å². The number of rotatable bonds is 2. The molecule has 3 heterocycles. The molecular weight excluding hydrogens is 312 g/mol. The van der Waals surface area contributed by atoms with Gasteiger partial charge in [-0.15, -0.1) is 0 Å². The minimum Gasteiger partial charge on any atom is -0.397 e. The molecule has 0 amide bonds. The summed E-state index contributed by atoms with van der Waals surface area (Å²) in [6.07, 6.45) is 3.44. The van der Waals surface area contributed by atoms with Crippen molar-refractivity contribution in [1.82, 2.24) is 25.1 Å². The molecule has 0 aliphatic carbocycles. The molecular formula is C19H14N6. The number of nitrogens with two attached hydrogens (primary N) is 1. The van der Waals surface area contributed by atoms with Gasteiger partial charge in [0.2, 0.25) is 0 Å². The summed E-state index contributed by atoms with van der Waals surface area (Å²) in [6, 6.07) is 16.0. The van der Waals surface area contributed by atoms with E-state index < -0.39 is 0 Å². The summed E-state index contributed by atoms with van der Waals surface area (Å²) in [7, 11) is 0. The Kier molecular flexibility index (Phi) is 2.84. The summed E-state index contributed by atoms with van der Waals surface area (Å²) in [5.74, 6) is 0.746. The number of hydrogen-bond acceptors (Lipinski definition) is 4. The third-order valence-corrected chi connectivity index (χ3v) is 4.27. The lowest BCUT2D eigenvalue weighted by Gasteiger charge is -2.03. The molecule has 2 aromatic carbocycles. The van der Waals surface area contributed by atoms with Crippen LogP contribution < -0.4 is 5.73 Å². The SMILES string of the molecule is Nc1cncc(-c2ccc3[nH]nc(-c4nc5ccccc5[nH]4)c3c2)c1. The van der Waals surface area contributed by atoms with Crippen LogP contribution in [0.3, 0.4) is 0 Å². The summed E-state index contributed by atoms with van der Waals surface area (Å²) < 4.78 is 0. The van der Waals surface area contributed by atoms with Crippen molar-refractivity contribution >= 4 is 27.6 Å². The Morgan fingerprint density at radius 2 is 1.80 bits per heavy atom. The number of anilines is 1. The van der Waals surface area contributed by atoms with Crippen molar-refractivity contribution in [2.24, 2.45) is 0 Å². The number of imidazole rings is 1. The van der Waals surface area contributed by atoms with Crippen LogP contribution in [0.1, 0.15) is 0 Å². The molecule has 0 radical (unpaired) electrons. The second-order valence-electron chi connectivity index (χ2n) is 5.94. The molecule has 6 nitrogen and oxygen atoms in total. The molecule has 0 spiro atoms. The Morgan fingerprint density at radius 3 is 2.68 bits per heavy atom. The number of H-pyrrole nitrogens is 2. The number of nitrogen functional groups attached to an aromatic ring is 1. The normalized spacial score (nSPS) is 11.4. The van der Waals surface area contributed by atoms with Gasteiger partial charge >= 0.3 is 0 Å². The molecule has 6 heteroatoms. The molecule has 120 valence electrons. The molecule has 0 fully saturated rings. The number of benzene rings is 2. The third kappa shape index (κ3) is 2.23. The van der Waals surface area contributed by atoms with Crippen molar-refractivity contribution in [3.05, 3.63) is 60.9 Å². The zero-order chi connectivity index (χ0) is 16.8. The van der Waals surface area contributed by atoms with Gasteiger partial charge in [0, 0.05) is 23.3 Å². The van der Waals surface area contributed by atoms with E-state index in [2.05, 4.69) is 31.2 Å². The summed E-state index contributed by atoms with van der Waals surface area (Å²) in [5, 5.41) is 8.52. The number of para-hydroxylation sites is 2. The molecule has 0 saturated carbocycles. The van der Waals surface area contributed by atoms with Crippen LogP contribution in [0, 0.1) is 0 Å². The zero-order valence-corrected chi connectivity index (χ0v) is 13.2. The van der Waals surface area contributed by atoms with Gasteiger partial charge in [-0.2, -0.15) is 5.10 Å². The Hall–Kier alpha value is -3.67. The number of aromatic nitrogens is 5. The fourth-order valence-corrected chi connectivity index (χ4v) is 3.05. The molecule has 5 aromatic rings. The van der Waals surface area contributed by atoms with Crippen LogP contribution in [0.15, 0.2) is 60.9 Å². The Labute approximate surface area is 142 Å². The van der Waals surface area contributed by atoms with Crippen molar-refractivity contribution < 1.29 is 0 Å². The van der Waals surface area contributed by atoms with Crippen molar-refractivity contribution in [2.75, 3.05) is 5.73 Å². The lowest BCUT2D eigenvalue weighted by atomic mass is 10.0. The maximum atomic E-state index is 5.86. The quantitative estimate of drug-likeness (QED) is 0.460. The summed E-state index contributed by atoms with van der Waals surface area (Å²) in [6.45, 7) is 0. The fourth-order valence-electron chi connectivity index (χ4n) is 3.05. The first-order chi connectivity index (χ1) is 12.3. The fraction of sp³-hybridized carbons (Fsp3) is 0. The second-order valence-corrected chi connectivity index (χ2v) is 5.94. The molecule has 0 atom stereocenters. The van der Waals surface area contributed by atoms with E-state index in [1.54, 1.807) is 12.4 Å². The van der Waals surface area contributed by atoms with Gasteiger partial charge in [0.25, 0.3) is 0 Å². The Morgan fingerprint density at radius 1 is 0.880 bits per heavy atom.